The van der Waals surface area contributed by atoms with E-state index in [9.17, 15) is 4.79 Å². The Kier molecular flexibility index (Phi) is 5.27. The highest BCUT2D eigenvalue weighted by molar-refractivity contribution is 6.30. The van der Waals surface area contributed by atoms with E-state index in [-0.39, 0.29) is 24.3 Å². The van der Waals surface area contributed by atoms with Gasteiger partial charge in [-0.3, -0.25) is 4.79 Å². The number of hydrogen-bond acceptors (Lipinski definition) is 5. The first-order chi connectivity index (χ1) is 13.6. The summed E-state index contributed by atoms with van der Waals surface area (Å²) < 4.78 is 12.9. The normalized spacial score (nSPS) is 15.7. The molecule has 144 valence electrons. The molecule has 0 aliphatic carbocycles. The molecule has 0 fully saturated rings. The second kappa shape index (κ2) is 8.00. The van der Waals surface area contributed by atoms with Crippen molar-refractivity contribution in [3.63, 3.8) is 0 Å². The number of rotatable bonds is 5. The molecule has 2 aromatic carbocycles. The Morgan fingerprint density at radius 3 is 2.89 bits per heavy atom. The number of methoxy groups -OCH3 is 1. The van der Waals surface area contributed by atoms with Crippen LogP contribution in [0, 0.1) is 0 Å². The molecule has 3 aromatic rings. The highest BCUT2D eigenvalue weighted by Gasteiger charge is 2.27. The van der Waals surface area contributed by atoms with Gasteiger partial charge >= 0.3 is 0 Å². The van der Waals surface area contributed by atoms with Crippen LogP contribution in [0.4, 0.5) is 0 Å². The minimum atomic E-state index is -0.285. The van der Waals surface area contributed by atoms with E-state index in [1.54, 1.807) is 17.9 Å². The Balaban J connectivity index is 1.43. The number of halogens is 1. The van der Waals surface area contributed by atoms with Gasteiger partial charge in [-0.2, -0.15) is 0 Å². The van der Waals surface area contributed by atoms with Crippen LogP contribution in [-0.2, 0) is 24.4 Å². The zero-order valence-corrected chi connectivity index (χ0v) is 16.0. The Morgan fingerprint density at radius 2 is 2.14 bits per heavy atom. The van der Waals surface area contributed by atoms with Gasteiger partial charge in [0.2, 0.25) is 0 Å². The van der Waals surface area contributed by atoms with Crippen LogP contribution >= 0.6 is 11.6 Å². The highest BCUT2D eigenvalue weighted by atomic mass is 35.5. The molecular weight excluding hydrogens is 380 g/mol. The molecule has 1 amide bonds. The van der Waals surface area contributed by atoms with Crippen LogP contribution in [0.3, 0.4) is 0 Å². The number of nitrogens with one attached hydrogen (secondary N) is 1. The summed E-state index contributed by atoms with van der Waals surface area (Å²) in [6.45, 7) is 1.13. The fraction of sp³-hybridized carbons (Fsp3) is 0.250. The van der Waals surface area contributed by atoms with Gasteiger partial charge in [0.15, 0.2) is 5.69 Å². The molecule has 1 N–H and O–H groups in total. The smallest absolute Gasteiger partial charge is 0.274 e. The maximum atomic E-state index is 12.5. The number of carbonyl (C=O) groups is 1. The van der Waals surface area contributed by atoms with Crippen LogP contribution in [0.25, 0.3) is 0 Å². The van der Waals surface area contributed by atoms with Gasteiger partial charge in [-0.25, -0.2) is 4.68 Å². The minimum absolute atomic E-state index is 0.150. The fourth-order valence-electron chi connectivity index (χ4n) is 3.12. The number of aromatic nitrogens is 3. The van der Waals surface area contributed by atoms with Crippen molar-refractivity contribution in [3.05, 3.63) is 76.1 Å². The van der Waals surface area contributed by atoms with Crippen molar-refractivity contribution in [3.8, 4) is 5.75 Å². The Morgan fingerprint density at radius 1 is 1.32 bits per heavy atom. The number of carbonyl (C=O) groups excluding carboxylic acids is 1. The summed E-state index contributed by atoms with van der Waals surface area (Å²) in [6.07, 6.45) is -0.150. The molecule has 28 heavy (non-hydrogen) atoms. The number of benzene rings is 2. The first kappa shape index (κ1) is 18.5. The molecule has 1 aliphatic heterocycles. The second-order valence-electron chi connectivity index (χ2n) is 6.45. The predicted octanol–water partition coefficient (Wildman–Crippen LogP) is 3.14. The van der Waals surface area contributed by atoms with Gasteiger partial charge in [-0.1, -0.05) is 41.1 Å². The molecule has 0 saturated heterocycles. The minimum Gasteiger partial charge on any atom is -0.497 e. The maximum Gasteiger partial charge on any atom is 0.274 e. The maximum absolute atomic E-state index is 12.5. The van der Waals surface area contributed by atoms with E-state index < -0.39 is 0 Å². The van der Waals surface area contributed by atoms with Crippen LogP contribution in [0.5, 0.6) is 5.75 Å². The summed E-state index contributed by atoms with van der Waals surface area (Å²) in [5.74, 6) is 0.507. The van der Waals surface area contributed by atoms with Crippen LogP contribution in [0.1, 0.15) is 33.4 Å². The summed E-state index contributed by atoms with van der Waals surface area (Å²) in [6, 6.07) is 15.1. The zero-order chi connectivity index (χ0) is 19.5. The fourth-order valence-corrected chi connectivity index (χ4v) is 3.33. The highest BCUT2D eigenvalue weighted by Crippen LogP contribution is 2.28. The van der Waals surface area contributed by atoms with Crippen molar-refractivity contribution in [2.24, 2.45) is 0 Å². The molecule has 1 aromatic heterocycles. The van der Waals surface area contributed by atoms with Gasteiger partial charge < -0.3 is 14.8 Å². The molecule has 8 heteroatoms. The van der Waals surface area contributed by atoms with Gasteiger partial charge in [-0.15, -0.1) is 5.10 Å². The topological polar surface area (TPSA) is 78.3 Å². The molecule has 0 bridgehead atoms. The SMILES string of the molecule is COc1ccc(C2Cn3nnc(C(=O)NCc4cccc(Cl)c4)c3CO2)cc1. The third-order valence-electron chi connectivity index (χ3n) is 4.64. The van der Waals surface area contributed by atoms with Gasteiger partial charge in [0.1, 0.15) is 11.9 Å². The standard InChI is InChI=1S/C20H19ClN4O3/c1-27-16-7-5-14(6-8-16)18-11-25-17(12-28-18)19(23-24-25)20(26)22-10-13-3-2-4-15(21)9-13/h2-9,18H,10-12H2,1H3,(H,22,26). The summed E-state index contributed by atoms with van der Waals surface area (Å²) in [5, 5.41) is 11.7. The zero-order valence-electron chi connectivity index (χ0n) is 15.3. The van der Waals surface area contributed by atoms with Crippen LogP contribution in [0.2, 0.25) is 5.02 Å². The van der Waals surface area contributed by atoms with E-state index in [1.807, 2.05) is 42.5 Å². The van der Waals surface area contributed by atoms with Crippen molar-refractivity contribution in [1.82, 2.24) is 20.3 Å². The lowest BCUT2D eigenvalue weighted by atomic mass is 10.1. The van der Waals surface area contributed by atoms with Crippen molar-refractivity contribution >= 4 is 17.5 Å². The van der Waals surface area contributed by atoms with E-state index in [0.29, 0.717) is 23.8 Å². The van der Waals surface area contributed by atoms with E-state index in [0.717, 1.165) is 16.9 Å². The summed E-state index contributed by atoms with van der Waals surface area (Å²) >= 11 is 5.97. The van der Waals surface area contributed by atoms with E-state index in [4.69, 9.17) is 21.1 Å². The number of ether oxygens (including phenoxy) is 2. The molecule has 0 spiro atoms. The van der Waals surface area contributed by atoms with Gasteiger partial charge in [0.25, 0.3) is 5.91 Å². The number of nitrogens with zero attached hydrogens (tertiary/aromatic N) is 3. The van der Waals surface area contributed by atoms with E-state index >= 15 is 0 Å². The van der Waals surface area contributed by atoms with Crippen molar-refractivity contribution < 1.29 is 14.3 Å². The average molecular weight is 399 g/mol. The average Bonchev–Trinajstić information content (AvgIpc) is 3.15. The number of amides is 1. The van der Waals surface area contributed by atoms with Crippen molar-refractivity contribution in [2.75, 3.05) is 7.11 Å². The lowest BCUT2D eigenvalue weighted by molar-refractivity contribution is -0.00179. The second-order valence-corrected chi connectivity index (χ2v) is 6.89. The molecule has 4 rings (SSSR count). The van der Waals surface area contributed by atoms with Crippen LogP contribution in [-0.4, -0.2) is 28.0 Å². The van der Waals surface area contributed by atoms with Gasteiger partial charge in [0.05, 0.1) is 26.0 Å². The van der Waals surface area contributed by atoms with Gasteiger partial charge in [-0.05, 0) is 35.4 Å². The molecule has 1 atom stereocenters. The van der Waals surface area contributed by atoms with Crippen LogP contribution in [0.15, 0.2) is 48.5 Å². The lowest BCUT2D eigenvalue weighted by Gasteiger charge is -2.24. The Labute approximate surface area is 167 Å². The molecule has 1 aliphatic rings. The quantitative estimate of drug-likeness (QED) is 0.714. The molecule has 0 saturated carbocycles. The molecular formula is C20H19ClN4O3. The molecule has 2 heterocycles. The van der Waals surface area contributed by atoms with Crippen LogP contribution < -0.4 is 10.1 Å². The third-order valence-corrected chi connectivity index (χ3v) is 4.88. The predicted molar refractivity (Wildman–Crippen MR) is 103 cm³/mol. The first-order valence-corrected chi connectivity index (χ1v) is 9.22. The molecule has 0 radical (unpaired) electrons. The summed E-state index contributed by atoms with van der Waals surface area (Å²) in [7, 11) is 1.63. The van der Waals surface area contributed by atoms with E-state index in [1.165, 1.54) is 0 Å². The molecule has 7 nitrogen and oxygen atoms in total. The lowest BCUT2D eigenvalue weighted by Crippen LogP contribution is -2.27. The molecule has 1 unspecified atom stereocenters. The third kappa shape index (κ3) is 3.85. The summed E-state index contributed by atoms with van der Waals surface area (Å²) in [5.41, 5.74) is 2.90. The number of fused-ring (bicyclic) bond motifs is 1. The Bertz CT molecular complexity index is 987. The van der Waals surface area contributed by atoms with E-state index in [2.05, 4.69) is 15.6 Å². The largest absolute Gasteiger partial charge is 0.497 e. The van der Waals surface area contributed by atoms with Crippen molar-refractivity contribution in [2.45, 2.75) is 25.8 Å². The Hall–Kier alpha value is -2.90. The monoisotopic (exact) mass is 398 g/mol. The number of hydrogen-bond donors (Lipinski definition) is 1. The summed E-state index contributed by atoms with van der Waals surface area (Å²) in [4.78, 5) is 12.5. The van der Waals surface area contributed by atoms with Gasteiger partial charge in [0, 0.05) is 11.6 Å². The first-order valence-electron chi connectivity index (χ1n) is 8.84. The van der Waals surface area contributed by atoms with Crippen molar-refractivity contribution in [1.29, 1.82) is 0 Å².